The van der Waals surface area contributed by atoms with Gasteiger partial charge >= 0.3 is 0 Å². The van der Waals surface area contributed by atoms with Gasteiger partial charge in [0.25, 0.3) is 24.3 Å². The topological polar surface area (TPSA) is 155 Å². The maximum Gasteiger partial charge on any atom is 0.293 e. The van der Waals surface area contributed by atoms with Gasteiger partial charge in [0.1, 0.15) is 47.7 Å². The number of nitrogens with one attached hydrogen (secondary N) is 2. The molecule has 2 N–H and O–H groups in total. The zero-order valence-corrected chi connectivity index (χ0v) is 32.4. The van der Waals surface area contributed by atoms with E-state index in [1.807, 2.05) is 0 Å². The fourth-order valence-electron chi connectivity index (χ4n) is 7.85. The number of rotatable bonds is 13. The minimum absolute atomic E-state index is 0.0418. The summed E-state index contributed by atoms with van der Waals surface area (Å²) >= 11 is 6.52. The largest absolute Gasteiger partial charge is 0.497 e. The number of carbonyl (C=O) groups is 1. The second-order valence-corrected chi connectivity index (χ2v) is 16.5. The van der Waals surface area contributed by atoms with Gasteiger partial charge in [0.15, 0.2) is 5.82 Å². The lowest BCUT2D eigenvalue weighted by molar-refractivity contribution is -0.123. The molecule has 8 rings (SSSR count). The summed E-state index contributed by atoms with van der Waals surface area (Å²) in [7, 11) is -2.79. The Morgan fingerprint density at radius 2 is 1.75 bits per heavy atom. The minimum atomic E-state index is -4.11. The number of benzene rings is 3. The summed E-state index contributed by atoms with van der Waals surface area (Å²) in [5.41, 5.74) is -3.80. The number of hydrogen-bond donors (Lipinski definition) is 2. The summed E-state index contributed by atoms with van der Waals surface area (Å²) in [6.07, 6.45) is -6.18. The van der Waals surface area contributed by atoms with Gasteiger partial charge in [-0.15, -0.1) is 0 Å². The van der Waals surface area contributed by atoms with Crippen LogP contribution in [0.2, 0.25) is 5.02 Å². The van der Waals surface area contributed by atoms with Crippen molar-refractivity contribution in [3.05, 3.63) is 104 Å². The van der Waals surface area contributed by atoms with Gasteiger partial charge in [0, 0.05) is 30.0 Å². The van der Waals surface area contributed by atoms with Crippen LogP contribution in [-0.2, 0) is 40.3 Å². The molecule has 0 saturated heterocycles. The molecule has 60 heavy (non-hydrogen) atoms. The number of aromatic nitrogens is 6. The van der Waals surface area contributed by atoms with E-state index in [0.717, 1.165) is 23.0 Å². The Balaban J connectivity index is 1.35. The predicted octanol–water partition coefficient (Wildman–Crippen LogP) is 6.76. The van der Waals surface area contributed by atoms with Crippen molar-refractivity contribution >= 4 is 55.2 Å². The summed E-state index contributed by atoms with van der Waals surface area (Å²) < 4.78 is 151. The molecule has 1 fully saturated rings. The molecule has 3 aromatic carbocycles. The van der Waals surface area contributed by atoms with Crippen molar-refractivity contribution in [2.45, 2.75) is 56.7 Å². The molecule has 23 heteroatoms. The number of halogens is 9. The standard InChI is InChI=1S/C37H29ClF8N8O5S/c1-59-18-3-4-19-23(11-18)48-35(54(36(19)56)25-6-5-22(38)29-31(25)52(13-26(41)42)50-34(29)51-60(2,57)58)24(9-15-7-16(39)10-17(40)8-15)47-27(55)14-53-32-28(30(49-53)33(43)44)20-12-21(20)37(32,45)46/h3-8,10-11,20-21,24,26,33H,9,12-14H2,1-2H3,(H,47,55)(H,50,51)/t20-,21+,24-/m0/s1. The first-order valence-corrected chi connectivity index (χ1v) is 20.1. The van der Waals surface area contributed by atoms with Crippen molar-refractivity contribution in [2.75, 3.05) is 18.1 Å². The molecule has 2 aliphatic rings. The Hall–Kier alpha value is -5.77. The first-order chi connectivity index (χ1) is 28.2. The monoisotopic (exact) mass is 884 g/mol. The molecule has 316 valence electrons. The highest BCUT2D eigenvalue weighted by molar-refractivity contribution is 7.92. The lowest BCUT2D eigenvalue weighted by Gasteiger charge is -2.24. The zero-order valence-electron chi connectivity index (χ0n) is 30.9. The van der Waals surface area contributed by atoms with Gasteiger partial charge in [0.2, 0.25) is 15.9 Å². The Morgan fingerprint density at radius 3 is 2.40 bits per heavy atom. The molecule has 13 nitrogen and oxygen atoms in total. The first-order valence-electron chi connectivity index (χ1n) is 17.8. The average molecular weight is 885 g/mol. The maximum absolute atomic E-state index is 15.4. The van der Waals surface area contributed by atoms with Gasteiger partial charge in [-0.2, -0.15) is 19.0 Å². The molecular formula is C37H29ClF8N8O5S. The van der Waals surface area contributed by atoms with Crippen molar-refractivity contribution < 1.29 is 53.1 Å². The second kappa shape index (κ2) is 14.7. The lowest BCUT2D eigenvalue weighted by Crippen LogP contribution is -2.38. The van der Waals surface area contributed by atoms with Crippen LogP contribution in [0.15, 0.2) is 53.3 Å². The van der Waals surface area contributed by atoms with Crippen LogP contribution in [0.5, 0.6) is 5.75 Å². The van der Waals surface area contributed by atoms with E-state index < -0.39 is 112 Å². The van der Waals surface area contributed by atoms with E-state index in [1.165, 1.54) is 37.4 Å². The highest BCUT2D eigenvalue weighted by Gasteiger charge is 2.67. The number of sulfonamides is 1. The van der Waals surface area contributed by atoms with Crippen LogP contribution in [0.4, 0.5) is 40.9 Å². The molecule has 0 aliphatic heterocycles. The van der Waals surface area contributed by atoms with Crippen LogP contribution in [0.25, 0.3) is 27.5 Å². The van der Waals surface area contributed by atoms with E-state index in [2.05, 4.69) is 25.2 Å². The van der Waals surface area contributed by atoms with Crippen molar-refractivity contribution in [3.63, 3.8) is 0 Å². The molecule has 1 saturated carbocycles. The Kier molecular flexibility index (Phi) is 10.1. The number of alkyl halides is 6. The van der Waals surface area contributed by atoms with Crippen LogP contribution in [0.1, 0.15) is 53.1 Å². The molecule has 0 radical (unpaired) electrons. The first kappa shape index (κ1) is 41.0. The van der Waals surface area contributed by atoms with Gasteiger partial charge in [-0.1, -0.05) is 11.6 Å². The van der Waals surface area contributed by atoms with Gasteiger partial charge in [-0.25, -0.2) is 39.7 Å². The van der Waals surface area contributed by atoms with Gasteiger partial charge in [-0.3, -0.25) is 28.2 Å². The van der Waals surface area contributed by atoms with Crippen LogP contribution >= 0.6 is 11.6 Å². The molecule has 0 spiro atoms. The normalized spacial score (nSPS) is 17.4. The van der Waals surface area contributed by atoms with E-state index >= 15 is 8.78 Å². The number of amides is 1. The molecule has 3 atom stereocenters. The van der Waals surface area contributed by atoms with Gasteiger partial charge in [0.05, 0.1) is 51.9 Å². The van der Waals surface area contributed by atoms with Crippen molar-refractivity contribution in [1.29, 1.82) is 0 Å². The van der Waals surface area contributed by atoms with Crippen LogP contribution in [0, 0.1) is 17.6 Å². The van der Waals surface area contributed by atoms with Crippen molar-refractivity contribution in [1.82, 2.24) is 34.4 Å². The van der Waals surface area contributed by atoms with Crippen LogP contribution in [0.3, 0.4) is 0 Å². The highest BCUT2D eigenvalue weighted by Crippen LogP contribution is 2.68. The molecule has 2 aliphatic carbocycles. The molecular weight excluding hydrogens is 856 g/mol. The molecule has 3 aromatic heterocycles. The van der Waals surface area contributed by atoms with E-state index in [9.17, 15) is 44.3 Å². The number of nitrogens with zero attached hydrogens (tertiary/aromatic N) is 6. The number of hydrogen-bond acceptors (Lipinski definition) is 8. The predicted molar refractivity (Wildman–Crippen MR) is 200 cm³/mol. The highest BCUT2D eigenvalue weighted by atomic mass is 35.5. The molecule has 0 bridgehead atoms. The third-order valence-electron chi connectivity index (χ3n) is 10.2. The SMILES string of the molecule is COc1ccc2c(=O)n(-c3ccc(Cl)c4c(NS(C)(=O)=O)nn(CC(F)F)c34)c([C@H](Cc3cc(F)cc(F)c3)NC(=O)Cn3nc(C(F)F)c4c3C(F)(F)[C@@H]3C[C@H]43)nc2c1. The lowest BCUT2D eigenvalue weighted by atomic mass is 10.0. The van der Waals surface area contributed by atoms with Crippen LogP contribution < -0.4 is 20.3 Å². The molecule has 0 unspecified atom stereocenters. The zero-order chi connectivity index (χ0) is 43.2. The fourth-order valence-corrected chi connectivity index (χ4v) is 8.59. The number of anilines is 1. The van der Waals surface area contributed by atoms with Gasteiger partial charge < -0.3 is 10.1 Å². The number of fused-ring (bicyclic) bond motifs is 5. The third kappa shape index (κ3) is 7.28. The fraction of sp³-hybridized carbons (Fsp3) is 0.324. The number of carbonyl (C=O) groups excluding carboxylic acids is 1. The molecule has 6 aromatic rings. The Morgan fingerprint density at radius 1 is 1.03 bits per heavy atom. The molecule has 1 amide bonds. The smallest absolute Gasteiger partial charge is 0.293 e. The van der Waals surface area contributed by atoms with Gasteiger partial charge in [-0.05, 0) is 54.3 Å². The quantitative estimate of drug-likeness (QED) is 0.121. The summed E-state index contributed by atoms with van der Waals surface area (Å²) in [5, 5.41) is 9.71. The van der Waals surface area contributed by atoms with Crippen molar-refractivity contribution in [3.8, 4) is 11.4 Å². The Labute approximate surface area is 337 Å². The summed E-state index contributed by atoms with van der Waals surface area (Å²) in [6.45, 7) is -2.21. The van der Waals surface area contributed by atoms with E-state index in [0.29, 0.717) is 15.4 Å². The van der Waals surface area contributed by atoms with E-state index in [1.54, 1.807) is 0 Å². The van der Waals surface area contributed by atoms with Crippen LogP contribution in [-0.4, -0.2) is 63.2 Å². The maximum atomic E-state index is 15.4. The number of methoxy groups -OCH3 is 1. The van der Waals surface area contributed by atoms with E-state index in [4.69, 9.17) is 16.3 Å². The Bertz CT molecular complexity index is 2900. The number of ether oxygens (including phenoxy) is 1. The summed E-state index contributed by atoms with van der Waals surface area (Å²) in [6, 6.07) is 7.19. The minimum Gasteiger partial charge on any atom is -0.497 e. The summed E-state index contributed by atoms with van der Waals surface area (Å²) in [5.74, 6) is -9.67. The summed E-state index contributed by atoms with van der Waals surface area (Å²) in [4.78, 5) is 33.4. The third-order valence-corrected chi connectivity index (χ3v) is 11.1. The second-order valence-electron chi connectivity index (χ2n) is 14.4. The molecule has 3 heterocycles. The van der Waals surface area contributed by atoms with E-state index in [-0.39, 0.29) is 55.8 Å². The van der Waals surface area contributed by atoms with Crippen molar-refractivity contribution in [2.24, 2.45) is 5.92 Å². The average Bonchev–Trinajstić information content (AvgIpc) is 3.68.